The number of hydrogen-bond donors (Lipinski definition) is 0. The number of hydrogen-bond acceptors (Lipinski definition) is 7. The van der Waals surface area contributed by atoms with E-state index in [1.54, 1.807) is 41.6 Å². The number of aryl methyl sites for hydroxylation is 1. The molecule has 0 aliphatic rings. The van der Waals surface area contributed by atoms with E-state index in [0.717, 1.165) is 26.4 Å². The largest absolute Gasteiger partial charge is 0.463 e. The predicted octanol–water partition coefficient (Wildman–Crippen LogP) is 5.34. The van der Waals surface area contributed by atoms with Gasteiger partial charge in [0.05, 0.1) is 18.2 Å². The van der Waals surface area contributed by atoms with E-state index in [4.69, 9.17) is 4.42 Å². The highest BCUT2D eigenvalue weighted by atomic mass is 32.2. The minimum atomic E-state index is -0.477. The summed E-state index contributed by atoms with van der Waals surface area (Å²) in [5.74, 6) is 0.984. The summed E-state index contributed by atoms with van der Waals surface area (Å²) in [5, 5.41) is 4.07. The minimum absolute atomic E-state index is 0.205. The molecule has 0 aliphatic heterocycles. The smallest absolute Gasteiger partial charge is 0.373 e. The number of carbonyl (C=O) groups excluding carboxylic acids is 1. The summed E-state index contributed by atoms with van der Waals surface area (Å²) in [6.07, 6.45) is 1.59. The van der Waals surface area contributed by atoms with Crippen LogP contribution >= 0.6 is 23.1 Å². The first kappa shape index (κ1) is 17.8. The number of aromatic nitrogens is 2. The van der Waals surface area contributed by atoms with Crippen LogP contribution in [0.4, 0.5) is 0 Å². The number of methoxy groups -OCH3 is 1. The van der Waals surface area contributed by atoms with Crippen LogP contribution in [0.3, 0.4) is 0 Å². The molecule has 3 aromatic heterocycles. The van der Waals surface area contributed by atoms with E-state index in [1.165, 1.54) is 12.7 Å². The fraction of sp³-hybridized carbons (Fsp3) is 0.150. The zero-order valence-electron chi connectivity index (χ0n) is 14.8. The third kappa shape index (κ3) is 3.61. The van der Waals surface area contributed by atoms with Crippen molar-refractivity contribution in [3.05, 3.63) is 65.2 Å². The van der Waals surface area contributed by atoms with Gasteiger partial charge in [-0.1, -0.05) is 41.6 Å². The van der Waals surface area contributed by atoms with Crippen LogP contribution in [0.2, 0.25) is 0 Å². The monoisotopic (exact) mass is 396 g/mol. The molecular formula is C20H16N2O3S2. The maximum absolute atomic E-state index is 11.5. The first-order valence-electron chi connectivity index (χ1n) is 8.25. The van der Waals surface area contributed by atoms with Gasteiger partial charge in [0.15, 0.2) is 0 Å². The van der Waals surface area contributed by atoms with Crippen molar-refractivity contribution in [2.24, 2.45) is 0 Å². The average molecular weight is 396 g/mol. The Kier molecular flexibility index (Phi) is 4.96. The van der Waals surface area contributed by atoms with Crippen molar-refractivity contribution < 1.29 is 13.9 Å². The number of esters is 1. The van der Waals surface area contributed by atoms with Crippen LogP contribution in [0, 0.1) is 6.92 Å². The summed E-state index contributed by atoms with van der Waals surface area (Å²) >= 11 is 3.17. The highest BCUT2D eigenvalue weighted by molar-refractivity contribution is 7.98. The second-order valence-corrected chi connectivity index (χ2v) is 7.74. The lowest BCUT2D eigenvalue weighted by molar-refractivity contribution is 0.0563. The fourth-order valence-electron chi connectivity index (χ4n) is 2.71. The Bertz CT molecular complexity index is 1100. The quantitative estimate of drug-likeness (QED) is 0.258. The zero-order chi connectivity index (χ0) is 18.8. The number of ether oxygens (including phenoxy) is 1. The van der Waals surface area contributed by atoms with E-state index in [1.807, 2.05) is 0 Å². The Labute approximate surface area is 164 Å². The summed E-state index contributed by atoms with van der Waals surface area (Å²) in [6.45, 7) is 2.08. The number of carbonyl (C=O) groups is 1. The van der Waals surface area contributed by atoms with Gasteiger partial charge in [-0.05, 0) is 24.6 Å². The maximum atomic E-state index is 11.5. The van der Waals surface area contributed by atoms with Gasteiger partial charge in [0, 0.05) is 10.9 Å². The van der Waals surface area contributed by atoms with Crippen molar-refractivity contribution in [2.45, 2.75) is 17.7 Å². The van der Waals surface area contributed by atoms with E-state index in [2.05, 4.69) is 51.3 Å². The zero-order valence-corrected chi connectivity index (χ0v) is 16.4. The molecule has 0 fully saturated rings. The van der Waals surface area contributed by atoms with Gasteiger partial charge in [-0.15, -0.1) is 11.3 Å². The van der Waals surface area contributed by atoms with Crippen molar-refractivity contribution in [2.75, 3.05) is 7.11 Å². The van der Waals surface area contributed by atoms with Crippen molar-refractivity contribution in [3.63, 3.8) is 0 Å². The fourth-order valence-corrected chi connectivity index (χ4v) is 4.60. The summed E-state index contributed by atoms with van der Waals surface area (Å²) in [6, 6.07) is 11.9. The topological polar surface area (TPSA) is 65.2 Å². The van der Waals surface area contributed by atoms with E-state index in [0.29, 0.717) is 11.5 Å². The van der Waals surface area contributed by atoms with Gasteiger partial charge in [-0.3, -0.25) is 0 Å². The molecule has 4 rings (SSSR count). The molecule has 4 aromatic rings. The highest BCUT2D eigenvalue weighted by Gasteiger charge is 2.15. The summed E-state index contributed by atoms with van der Waals surface area (Å²) in [7, 11) is 1.33. The predicted molar refractivity (Wildman–Crippen MR) is 107 cm³/mol. The maximum Gasteiger partial charge on any atom is 0.373 e. The van der Waals surface area contributed by atoms with E-state index < -0.39 is 5.97 Å². The van der Waals surface area contributed by atoms with Gasteiger partial charge in [-0.2, -0.15) is 0 Å². The normalized spacial score (nSPS) is 11.0. The second kappa shape index (κ2) is 7.54. The molecule has 3 heterocycles. The molecule has 0 amide bonds. The molecule has 0 unspecified atom stereocenters. The van der Waals surface area contributed by atoms with Crippen LogP contribution < -0.4 is 0 Å². The third-order valence-electron chi connectivity index (χ3n) is 4.10. The highest BCUT2D eigenvalue weighted by Crippen LogP contribution is 2.38. The first-order valence-corrected chi connectivity index (χ1v) is 10.1. The molecule has 0 bridgehead atoms. The second-order valence-electron chi connectivity index (χ2n) is 5.92. The van der Waals surface area contributed by atoms with Gasteiger partial charge in [0.1, 0.15) is 21.9 Å². The lowest BCUT2D eigenvalue weighted by Crippen LogP contribution is -1.98. The number of furan rings is 1. The van der Waals surface area contributed by atoms with Gasteiger partial charge in [0.25, 0.3) is 0 Å². The average Bonchev–Trinajstić information content (AvgIpc) is 3.34. The van der Waals surface area contributed by atoms with E-state index in [9.17, 15) is 4.79 Å². The van der Waals surface area contributed by atoms with Crippen LogP contribution in [-0.4, -0.2) is 23.0 Å². The first-order chi connectivity index (χ1) is 13.2. The van der Waals surface area contributed by atoms with Crippen molar-refractivity contribution in [1.29, 1.82) is 0 Å². The molecule has 0 saturated heterocycles. The molecule has 0 aliphatic carbocycles. The van der Waals surface area contributed by atoms with Crippen molar-refractivity contribution in [1.82, 2.24) is 9.97 Å². The molecule has 27 heavy (non-hydrogen) atoms. The van der Waals surface area contributed by atoms with Crippen LogP contribution in [0.25, 0.3) is 21.3 Å². The number of benzene rings is 1. The number of thioether (sulfide) groups is 1. The number of rotatable bonds is 5. The third-order valence-corrected chi connectivity index (χ3v) is 6.00. The van der Waals surface area contributed by atoms with Crippen LogP contribution in [-0.2, 0) is 10.5 Å². The lowest BCUT2D eigenvalue weighted by atomic mass is 10.1. The minimum Gasteiger partial charge on any atom is -0.463 e. The molecule has 136 valence electrons. The van der Waals surface area contributed by atoms with Gasteiger partial charge >= 0.3 is 5.97 Å². The molecule has 1 aromatic carbocycles. The van der Waals surface area contributed by atoms with Gasteiger partial charge in [0.2, 0.25) is 5.76 Å². The summed E-state index contributed by atoms with van der Waals surface area (Å²) < 4.78 is 10.2. The van der Waals surface area contributed by atoms with Crippen LogP contribution in [0.15, 0.2) is 57.5 Å². The SMILES string of the molecule is COC(=O)c1ccc(CSc2ncnc3scc(-c4ccc(C)cc4)c23)o1. The molecule has 5 nitrogen and oxygen atoms in total. The van der Waals surface area contributed by atoms with Crippen LogP contribution in [0.5, 0.6) is 0 Å². The number of nitrogens with zero attached hydrogens (tertiary/aromatic N) is 2. The molecule has 7 heteroatoms. The Hall–Kier alpha value is -2.64. The van der Waals surface area contributed by atoms with Crippen LogP contribution in [0.1, 0.15) is 21.9 Å². The van der Waals surface area contributed by atoms with E-state index >= 15 is 0 Å². The Balaban J connectivity index is 1.64. The lowest BCUT2D eigenvalue weighted by Gasteiger charge is -2.05. The van der Waals surface area contributed by atoms with Gasteiger partial charge in [-0.25, -0.2) is 14.8 Å². The molecule has 0 spiro atoms. The Morgan fingerprint density at radius 1 is 1.19 bits per heavy atom. The van der Waals surface area contributed by atoms with E-state index in [-0.39, 0.29) is 5.76 Å². The summed E-state index contributed by atoms with van der Waals surface area (Å²) in [4.78, 5) is 21.4. The summed E-state index contributed by atoms with van der Waals surface area (Å²) in [5.41, 5.74) is 3.51. The molecule has 0 N–H and O–H groups in total. The Morgan fingerprint density at radius 3 is 2.78 bits per heavy atom. The Morgan fingerprint density at radius 2 is 2.00 bits per heavy atom. The molecule has 0 atom stereocenters. The molecular weight excluding hydrogens is 380 g/mol. The number of thiophene rings is 1. The number of fused-ring (bicyclic) bond motifs is 1. The molecule has 0 saturated carbocycles. The standard InChI is InChI=1S/C20H16N2O3S2/c1-12-3-5-13(6-4-12)15-10-27-19-17(15)18(21-11-22-19)26-9-14-7-8-16(25-14)20(23)24-2/h3-8,10-11H,9H2,1-2H3. The van der Waals surface area contributed by atoms with Gasteiger partial charge < -0.3 is 9.15 Å². The van der Waals surface area contributed by atoms with Crippen molar-refractivity contribution >= 4 is 39.3 Å². The van der Waals surface area contributed by atoms with Crippen molar-refractivity contribution in [3.8, 4) is 11.1 Å². The molecule has 0 radical (unpaired) electrons.